The quantitative estimate of drug-likeness (QED) is 0.694. The predicted octanol–water partition coefficient (Wildman–Crippen LogP) is 4.52. The molecule has 0 radical (unpaired) electrons. The van der Waals surface area contributed by atoms with Crippen molar-refractivity contribution in [1.29, 1.82) is 0 Å². The van der Waals surface area contributed by atoms with Gasteiger partial charge in [-0.1, -0.05) is 12.1 Å². The van der Waals surface area contributed by atoms with Crippen LogP contribution >= 0.6 is 0 Å². The zero-order chi connectivity index (χ0) is 18.8. The van der Waals surface area contributed by atoms with Crippen LogP contribution in [0, 0.1) is 0 Å². The number of aromatic amines is 1. The summed E-state index contributed by atoms with van der Waals surface area (Å²) in [7, 11) is 1.48. The molecule has 0 unspecified atom stereocenters. The summed E-state index contributed by atoms with van der Waals surface area (Å²) in [6.45, 7) is 0. The first-order valence-corrected chi connectivity index (χ1v) is 8.39. The van der Waals surface area contributed by atoms with Crippen molar-refractivity contribution in [2.75, 3.05) is 7.11 Å². The molecule has 0 fully saturated rings. The molecule has 0 amide bonds. The Labute approximate surface area is 154 Å². The second kappa shape index (κ2) is 6.99. The number of pyridine rings is 2. The first kappa shape index (κ1) is 16.9. The maximum absolute atomic E-state index is 14.6. The molecular formula is C21H16FN3O2. The minimum absolute atomic E-state index is 0.0194. The fourth-order valence-corrected chi connectivity index (χ4v) is 3.02. The molecule has 0 saturated carbocycles. The topological polar surface area (TPSA) is 67.9 Å². The van der Waals surface area contributed by atoms with Crippen LogP contribution in [0.4, 0.5) is 4.39 Å². The molecule has 3 aromatic heterocycles. The maximum atomic E-state index is 14.6. The normalized spacial score (nSPS) is 14.2. The number of allylic oxidation sites excluding steroid dienone is 5. The number of H-pyrrole nitrogens is 1. The van der Waals surface area contributed by atoms with E-state index >= 15 is 0 Å². The molecule has 134 valence electrons. The Kier molecular flexibility index (Phi) is 4.38. The average Bonchev–Trinajstić information content (AvgIpc) is 3.03. The SMILES string of the molecule is COC1=CC=CC(C(=O)c2c[nH]c3ncc(-c4cccnc4)cc23)=C(F)C1. The standard InChI is InChI=1S/C21H16FN3O2/c1-27-15-5-2-6-16(19(22)9-15)20(26)18-12-25-21-17(18)8-14(11-24-21)13-4-3-7-23-10-13/h2-8,10-12H,9H2,1H3,(H,24,25). The van der Waals surface area contributed by atoms with Crippen molar-refractivity contribution in [3.05, 3.63) is 83.9 Å². The number of rotatable bonds is 4. The zero-order valence-corrected chi connectivity index (χ0v) is 14.6. The Morgan fingerprint density at radius 1 is 1.30 bits per heavy atom. The number of carbonyl (C=O) groups excluding carboxylic acids is 1. The van der Waals surface area contributed by atoms with Crippen LogP contribution in [0.5, 0.6) is 0 Å². The summed E-state index contributed by atoms with van der Waals surface area (Å²) < 4.78 is 19.7. The Morgan fingerprint density at radius 3 is 2.96 bits per heavy atom. The van der Waals surface area contributed by atoms with E-state index in [4.69, 9.17) is 4.74 Å². The number of methoxy groups -OCH3 is 1. The van der Waals surface area contributed by atoms with Crippen LogP contribution < -0.4 is 0 Å². The minimum atomic E-state index is -0.521. The zero-order valence-electron chi connectivity index (χ0n) is 14.6. The van der Waals surface area contributed by atoms with Crippen molar-refractivity contribution in [1.82, 2.24) is 15.0 Å². The van der Waals surface area contributed by atoms with Crippen molar-refractivity contribution in [3.63, 3.8) is 0 Å². The molecule has 0 bridgehead atoms. The molecule has 0 atom stereocenters. The summed E-state index contributed by atoms with van der Waals surface area (Å²) in [5.41, 5.74) is 2.68. The molecule has 3 aromatic rings. The molecule has 1 N–H and O–H groups in total. The van der Waals surface area contributed by atoms with Gasteiger partial charge in [0.05, 0.1) is 19.1 Å². The fraction of sp³-hybridized carbons (Fsp3) is 0.0952. The number of carbonyl (C=O) groups is 1. The van der Waals surface area contributed by atoms with Gasteiger partial charge in [0.1, 0.15) is 17.2 Å². The number of ketones is 1. The van der Waals surface area contributed by atoms with E-state index in [0.717, 1.165) is 11.1 Å². The van der Waals surface area contributed by atoms with Crippen LogP contribution in [-0.4, -0.2) is 27.8 Å². The predicted molar refractivity (Wildman–Crippen MR) is 101 cm³/mol. The molecule has 3 heterocycles. The Balaban J connectivity index is 1.77. The number of halogens is 1. The van der Waals surface area contributed by atoms with Crippen LogP contribution in [0.15, 0.2) is 78.4 Å². The van der Waals surface area contributed by atoms with E-state index in [1.165, 1.54) is 13.2 Å². The number of fused-ring (bicyclic) bond motifs is 1. The van der Waals surface area contributed by atoms with E-state index in [0.29, 0.717) is 22.4 Å². The number of hydrogen-bond donors (Lipinski definition) is 1. The van der Waals surface area contributed by atoms with E-state index < -0.39 is 11.6 Å². The van der Waals surface area contributed by atoms with E-state index in [2.05, 4.69) is 15.0 Å². The first-order chi connectivity index (χ1) is 13.2. The third-order valence-corrected chi connectivity index (χ3v) is 4.44. The fourth-order valence-electron chi connectivity index (χ4n) is 3.02. The molecule has 6 heteroatoms. The lowest BCUT2D eigenvalue weighted by molar-refractivity contribution is 0.103. The molecular weight excluding hydrogens is 345 g/mol. The summed E-state index contributed by atoms with van der Waals surface area (Å²) in [6, 6.07) is 5.61. The molecule has 4 rings (SSSR count). The Bertz CT molecular complexity index is 1110. The minimum Gasteiger partial charge on any atom is -0.501 e. The smallest absolute Gasteiger partial charge is 0.197 e. The number of ether oxygens (including phenoxy) is 1. The van der Waals surface area contributed by atoms with Gasteiger partial charge in [0.15, 0.2) is 5.78 Å². The Morgan fingerprint density at radius 2 is 2.19 bits per heavy atom. The summed E-state index contributed by atoms with van der Waals surface area (Å²) >= 11 is 0. The lowest BCUT2D eigenvalue weighted by atomic mass is 10.0. The van der Waals surface area contributed by atoms with Gasteiger partial charge in [-0.15, -0.1) is 0 Å². The van der Waals surface area contributed by atoms with Gasteiger partial charge in [0.25, 0.3) is 0 Å². The van der Waals surface area contributed by atoms with E-state index in [1.807, 2.05) is 18.2 Å². The molecule has 1 aliphatic carbocycles. The van der Waals surface area contributed by atoms with Crippen LogP contribution in [-0.2, 0) is 4.74 Å². The highest BCUT2D eigenvalue weighted by atomic mass is 19.1. The third kappa shape index (κ3) is 3.17. The molecule has 0 saturated heterocycles. The number of Topliss-reactive ketones (excluding diaryl/α,β-unsaturated/α-hetero) is 1. The average molecular weight is 361 g/mol. The largest absolute Gasteiger partial charge is 0.501 e. The second-order valence-electron chi connectivity index (χ2n) is 6.08. The van der Waals surface area contributed by atoms with Gasteiger partial charge in [-0.2, -0.15) is 0 Å². The third-order valence-electron chi connectivity index (χ3n) is 4.44. The highest BCUT2D eigenvalue weighted by Gasteiger charge is 2.21. The molecule has 0 spiro atoms. The van der Waals surface area contributed by atoms with E-state index in [9.17, 15) is 9.18 Å². The highest BCUT2D eigenvalue weighted by molar-refractivity contribution is 6.17. The number of nitrogens with one attached hydrogen (secondary N) is 1. The summed E-state index contributed by atoms with van der Waals surface area (Å²) in [4.78, 5) is 24.5. The van der Waals surface area contributed by atoms with Gasteiger partial charge in [0.2, 0.25) is 0 Å². The van der Waals surface area contributed by atoms with E-state index in [-0.39, 0.29) is 12.0 Å². The molecule has 5 nitrogen and oxygen atoms in total. The van der Waals surface area contributed by atoms with Crippen molar-refractivity contribution in [2.24, 2.45) is 0 Å². The Hall–Kier alpha value is -3.54. The summed E-state index contributed by atoms with van der Waals surface area (Å²) in [5.74, 6) is -0.454. The highest BCUT2D eigenvalue weighted by Crippen LogP contribution is 2.29. The first-order valence-electron chi connectivity index (χ1n) is 8.39. The second-order valence-corrected chi connectivity index (χ2v) is 6.08. The van der Waals surface area contributed by atoms with Gasteiger partial charge < -0.3 is 9.72 Å². The monoisotopic (exact) mass is 361 g/mol. The number of aromatic nitrogens is 3. The lowest BCUT2D eigenvalue weighted by Crippen LogP contribution is -2.03. The molecule has 27 heavy (non-hydrogen) atoms. The van der Waals surface area contributed by atoms with E-state index in [1.54, 1.807) is 36.9 Å². The number of nitrogens with zero attached hydrogens (tertiary/aromatic N) is 2. The van der Waals surface area contributed by atoms with Gasteiger partial charge >= 0.3 is 0 Å². The van der Waals surface area contributed by atoms with Gasteiger partial charge in [-0.05, 0) is 24.3 Å². The number of hydrogen-bond acceptors (Lipinski definition) is 4. The molecule has 1 aliphatic rings. The maximum Gasteiger partial charge on any atom is 0.197 e. The van der Waals surface area contributed by atoms with Crippen LogP contribution in [0.2, 0.25) is 0 Å². The van der Waals surface area contributed by atoms with Crippen LogP contribution in [0.1, 0.15) is 16.8 Å². The van der Waals surface area contributed by atoms with Crippen molar-refractivity contribution in [2.45, 2.75) is 6.42 Å². The lowest BCUT2D eigenvalue weighted by Gasteiger charge is -2.05. The summed E-state index contributed by atoms with van der Waals surface area (Å²) in [5, 5.41) is 0.638. The van der Waals surface area contributed by atoms with Crippen LogP contribution in [0.3, 0.4) is 0 Å². The molecule has 0 aromatic carbocycles. The van der Waals surface area contributed by atoms with Crippen LogP contribution in [0.25, 0.3) is 22.2 Å². The van der Waals surface area contributed by atoms with Crippen molar-refractivity contribution >= 4 is 16.8 Å². The van der Waals surface area contributed by atoms with Crippen molar-refractivity contribution < 1.29 is 13.9 Å². The van der Waals surface area contributed by atoms with Gasteiger partial charge in [-0.25, -0.2) is 9.37 Å². The van der Waals surface area contributed by atoms with Gasteiger partial charge in [-0.3, -0.25) is 9.78 Å². The van der Waals surface area contributed by atoms with Gasteiger partial charge in [0, 0.05) is 46.9 Å². The molecule has 0 aliphatic heterocycles. The summed E-state index contributed by atoms with van der Waals surface area (Å²) in [6.07, 6.45) is 11.4. The van der Waals surface area contributed by atoms with Crippen molar-refractivity contribution in [3.8, 4) is 11.1 Å².